The zero-order chi connectivity index (χ0) is 25.9. The van der Waals surface area contributed by atoms with Gasteiger partial charge in [0.25, 0.3) is 0 Å². The summed E-state index contributed by atoms with van der Waals surface area (Å²) >= 11 is 0. The van der Waals surface area contributed by atoms with Crippen LogP contribution >= 0.6 is 0 Å². The van der Waals surface area contributed by atoms with Gasteiger partial charge in [0, 0.05) is 22.5 Å². The van der Waals surface area contributed by atoms with Gasteiger partial charge in [0.2, 0.25) is 0 Å². The summed E-state index contributed by atoms with van der Waals surface area (Å²) in [7, 11) is 1.63. The Morgan fingerprint density at radius 2 is 1.64 bits per heavy atom. The number of ether oxygens (including phenoxy) is 1. The largest absolute Gasteiger partial charge is 0.497 e. The van der Waals surface area contributed by atoms with Crippen molar-refractivity contribution in [2.45, 2.75) is 33.6 Å². The minimum Gasteiger partial charge on any atom is -0.497 e. The van der Waals surface area contributed by atoms with Gasteiger partial charge in [-0.3, -0.25) is 0 Å². The molecule has 0 aliphatic carbocycles. The van der Waals surface area contributed by atoms with Gasteiger partial charge in [-0.05, 0) is 68.8 Å². The van der Waals surface area contributed by atoms with Crippen LogP contribution in [0.1, 0.15) is 34.9 Å². The van der Waals surface area contributed by atoms with E-state index in [1.165, 1.54) is 6.07 Å². The molecule has 1 aromatic heterocycles. The number of rotatable bonds is 7. The molecular formula is C29H27F3N2O2. The van der Waals surface area contributed by atoms with Gasteiger partial charge >= 0.3 is 6.18 Å². The van der Waals surface area contributed by atoms with Gasteiger partial charge in [0.05, 0.1) is 24.1 Å². The molecule has 0 aliphatic heterocycles. The summed E-state index contributed by atoms with van der Waals surface area (Å²) in [5.41, 5.74) is 6.23. The van der Waals surface area contributed by atoms with Crippen LogP contribution in [0.3, 0.4) is 0 Å². The molecule has 1 heterocycles. The number of alkyl halides is 3. The van der Waals surface area contributed by atoms with E-state index in [2.05, 4.69) is 34.0 Å². The lowest BCUT2D eigenvalue weighted by molar-refractivity contribution is -0.137. The van der Waals surface area contributed by atoms with Gasteiger partial charge in [0.1, 0.15) is 12.4 Å². The second-order valence-electron chi connectivity index (χ2n) is 8.58. The summed E-state index contributed by atoms with van der Waals surface area (Å²) in [5, 5.41) is 4.23. The van der Waals surface area contributed by atoms with Crippen LogP contribution in [0.4, 0.5) is 13.2 Å². The minimum absolute atomic E-state index is 0.0677. The van der Waals surface area contributed by atoms with E-state index in [9.17, 15) is 13.2 Å². The molecule has 0 saturated carbocycles. The summed E-state index contributed by atoms with van der Waals surface area (Å²) < 4.78 is 46.6. The molecule has 0 unspecified atom stereocenters. The predicted molar refractivity (Wildman–Crippen MR) is 136 cm³/mol. The monoisotopic (exact) mass is 492 g/mol. The number of halogens is 3. The fourth-order valence-corrected chi connectivity index (χ4v) is 4.08. The van der Waals surface area contributed by atoms with E-state index < -0.39 is 11.7 Å². The maximum atomic E-state index is 13.0. The first-order valence-corrected chi connectivity index (χ1v) is 11.4. The Kier molecular flexibility index (Phi) is 7.20. The Balaban J connectivity index is 1.68. The predicted octanol–water partition coefficient (Wildman–Crippen LogP) is 7.73. The smallest absolute Gasteiger partial charge is 0.416 e. The molecule has 4 nitrogen and oxygen atoms in total. The third-order valence-electron chi connectivity index (χ3n) is 5.98. The highest BCUT2D eigenvalue weighted by atomic mass is 19.4. The molecule has 0 aliphatic rings. The van der Waals surface area contributed by atoms with Crippen LogP contribution in [0.2, 0.25) is 0 Å². The van der Waals surface area contributed by atoms with E-state index in [-0.39, 0.29) is 6.61 Å². The summed E-state index contributed by atoms with van der Waals surface area (Å²) in [6.45, 7) is 5.80. The van der Waals surface area contributed by atoms with Crippen LogP contribution < -0.4 is 4.74 Å². The van der Waals surface area contributed by atoms with Crippen molar-refractivity contribution in [2.75, 3.05) is 7.11 Å². The molecule has 0 atom stereocenters. The van der Waals surface area contributed by atoms with Gasteiger partial charge in [-0.25, -0.2) is 0 Å². The summed E-state index contributed by atoms with van der Waals surface area (Å²) in [6, 6.07) is 23.2. The molecule has 0 fully saturated rings. The minimum atomic E-state index is -4.40. The molecule has 0 radical (unpaired) electrons. The number of hydrogen-bond donors (Lipinski definition) is 0. The third kappa shape index (κ3) is 5.46. The number of aryl methyl sites for hydroxylation is 1. The summed E-state index contributed by atoms with van der Waals surface area (Å²) in [6.07, 6.45) is -4.40. The fourth-order valence-electron chi connectivity index (χ4n) is 4.08. The van der Waals surface area contributed by atoms with E-state index >= 15 is 0 Å². The maximum absolute atomic E-state index is 13.0. The lowest BCUT2D eigenvalue weighted by Gasteiger charge is -2.13. The van der Waals surface area contributed by atoms with Crippen molar-refractivity contribution in [2.24, 2.45) is 5.16 Å². The summed E-state index contributed by atoms with van der Waals surface area (Å²) in [4.78, 5) is 5.46. The van der Waals surface area contributed by atoms with Crippen molar-refractivity contribution in [1.29, 1.82) is 0 Å². The Labute approximate surface area is 208 Å². The van der Waals surface area contributed by atoms with Crippen LogP contribution in [0, 0.1) is 13.8 Å². The number of aromatic nitrogens is 1. The van der Waals surface area contributed by atoms with E-state index in [4.69, 9.17) is 9.57 Å². The highest BCUT2D eigenvalue weighted by molar-refractivity contribution is 6.01. The zero-order valence-corrected chi connectivity index (χ0v) is 20.6. The van der Waals surface area contributed by atoms with Crippen LogP contribution in [-0.2, 0) is 17.6 Å². The topological polar surface area (TPSA) is 35.8 Å². The SMILES string of the molecule is COc1cccc(-c2cc(/C(C)=N\OCc3cccc(C(F)(F)F)c3)c(C)n2-c2ccc(C)cc2)c1. The fraction of sp³-hybridized carbons (Fsp3) is 0.207. The molecule has 4 aromatic rings. The average molecular weight is 493 g/mol. The highest BCUT2D eigenvalue weighted by Crippen LogP contribution is 2.32. The van der Waals surface area contributed by atoms with E-state index in [0.29, 0.717) is 11.3 Å². The second-order valence-corrected chi connectivity index (χ2v) is 8.58. The molecular weight excluding hydrogens is 465 g/mol. The first kappa shape index (κ1) is 25.1. The Hall–Kier alpha value is -4.00. The quantitative estimate of drug-likeness (QED) is 0.195. The Bertz CT molecular complexity index is 1390. The summed E-state index contributed by atoms with van der Waals surface area (Å²) in [5.74, 6) is 0.748. The van der Waals surface area contributed by atoms with Crippen molar-refractivity contribution >= 4 is 5.71 Å². The van der Waals surface area contributed by atoms with Crippen LogP contribution in [0.5, 0.6) is 5.75 Å². The number of oxime groups is 1. The number of methoxy groups -OCH3 is 1. The molecule has 4 rings (SSSR count). The molecule has 0 N–H and O–H groups in total. The standard InChI is InChI=1S/C29H27F3N2O2/c1-19-11-13-25(14-12-19)34-21(3)27(17-28(34)23-8-6-10-26(16-23)35-4)20(2)33-36-18-22-7-5-9-24(15-22)29(30,31)32/h5-17H,18H2,1-4H3/b33-20-. The Morgan fingerprint density at radius 1 is 0.917 bits per heavy atom. The molecule has 3 aromatic carbocycles. The van der Waals surface area contributed by atoms with Crippen molar-refractivity contribution in [3.8, 4) is 22.7 Å². The molecule has 186 valence electrons. The zero-order valence-electron chi connectivity index (χ0n) is 20.6. The second kappa shape index (κ2) is 10.3. The Morgan fingerprint density at radius 3 is 2.33 bits per heavy atom. The van der Waals surface area contributed by atoms with Crippen molar-refractivity contribution in [1.82, 2.24) is 4.57 Å². The van der Waals surface area contributed by atoms with Crippen molar-refractivity contribution < 1.29 is 22.7 Å². The number of nitrogens with zero attached hydrogens (tertiary/aromatic N) is 2. The van der Waals surface area contributed by atoms with Gasteiger partial charge < -0.3 is 14.1 Å². The molecule has 0 bridgehead atoms. The van der Waals surface area contributed by atoms with Gasteiger partial charge in [0.15, 0.2) is 0 Å². The third-order valence-corrected chi connectivity index (χ3v) is 5.98. The lowest BCUT2D eigenvalue weighted by Crippen LogP contribution is -2.05. The highest BCUT2D eigenvalue weighted by Gasteiger charge is 2.30. The number of benzene rings is 3. The molecule has 7 heteroatoms. The van der Waals surface area contributed by atoms with Crippen LogP contribution in [-0.4, -0.2) is 17.4 Å². The van der Waals surface area contributed by atoms with Crippen LogP contribution in [0.15, 0.2) is 84.0 Å². The average Bonchev–Trinajstić information content (AvgIpc) is 3.21. The van der Waals surface area contributed by atoms with E-state index in [1.807, 2.05) is 51.1 Å². The molecule has 0 amide bonds. The van der Waals surface area contributed by atoms with Gasteiger partial charge in [-0.2, -0.15) is 13.2 Å². The first-order chi connectivity index (χ1) is 17.2. The van der Waals surface area contributed by atoms with Crippen LogP contribution in [0.25, 0.3) is 16.9 Å². The first-order valence-electron chi connectivity index (χ1n) is 11.4. The molecule has 0 spiro atoms. The van der Waals surface area contributed by atoms with E-state index in [0.717, 1.165) is 51.6 Å². The molecule has 0 saturated heterocycles. The van der Waals surface area contributed by atoms with Gasteiger partial charge in [-0.15, -0.1) is 0 Å². The normalized spacial score (nSPS) is 12.0. The van der Waals surface area contributed by atoms with Crippen molar-refractivity contribution in [3.63, 3.8) is 0 Å². The molecule has 36 heavy (non-hydrogen) atoms. The maximum Gasteiger partial charge on any atom is 0.416 e. The van der Waals surface area contributed by atoms with Gasteiger partial charge in [-0.1, -0.05) is 47.1 Å². The van der Waals surface area contributed by atoms with E-state index in [1.54, 1.807) is 13.2 Å². The van der Waals surface area contributed by atoms with Crippen molar-refractivity contribution in [3.05, 3.63) is 107 Å². The number of hydrogen-bond acceptors (Lipinski definition) is 3. The lowest BCUT2D eigenvalue weighted by atomic mass is 10.1.